The van der Waals surface area contributed by atoms with Crippen molar-refractivity contribution in [1.82, 2.24) is 0 Å². The van der Waals surface area contributed by atoms with Crippen LogP contribution in [-0.4, -0.2) is 23.9 Å². The molecule has 1 aromatic heterocycles. The van der Waals surface area contributed by atoms with Gasteiger partial charge in [-0.3, -0.25) is 4.79 Å². The fourth-order valence-corrected chi connectivity index (χ4v) is 4.41. The standard InChI is InChI=1S/C26H26O7/c1-13(2)6-11-16-20(27)18-21(28)17(14-7-9-15(29-5)10-8-14)12-30-23(18)19-22(16)31-26(3,4)25-24(19)32-33-25/h6-10,12,24-25,27H,11H2,1-5H3. The molecule has 0 radical (unpaired) electrons. The van der Waals surface area contributed by atoms with E-state index in [-0.39, 0.29) is 28.3 Å². The van der Waals surface area contributed by atoms with E-state index < -0.39 is 11.7 Å². The van der Waals surface area contributed by atoms with Gasteiger partial charge in [-0.1, -0.05) is 23.8 Å². The van der Waals surface area contributed by atoms with E-state index in [1.54, 1.807) is 31.4 Å². The van der Waals surface area contributed by atoms with Crippen molar-refractivity contribution in [2.75, 3.05) is 7.11 Å². The van der Waals surface area contributed by atoms with Gasteiger partial charge >= 0.3 is 0 Å². The minimum atomic E-state index is -0.681. The van der Waals surface area contributed by atoms with Crippen LogP contribution in [0.15, 0.2) is 51.4 Å². The molecular formula is C26H26O7. The smallest absolute Gasteiger partial charge is 0.204 e. The van der Waals surface area contributed by atoms with Crippen molar-refractivity contribution in [2.45, 2.75) is 51.9 Å². The predicted octanol–water partition coefficient (Wildman–Crippen LogP) is 5.23. The van der Waals surface area contributed by atoms with Gasteiger partial charge in [-0.05, 0) is 51.8 Å². The highest BCUT2D eigenvalue weighted by atomic mass is 17.3. The van der Waals surface area contributed by atoms with Crippen molar-refractivity contribution in [1.29, 1.82) is 0 Å². The highest BCUT2D eigenvalue weighted by Gasteiger charge is 2.55. The second-order valence-electron chi connectivity index (χ2n) is 9.21. The molecule has 0 bridgehead atoms. The summed E-state index contributed by atoms with van der Waals surface area (Å²) in [6, 6.07) is 7.10. The van der Waals surface area contributed by atoms with Crippen LogP contribution in [0.1, 0.15) is 44.9 Å². The van der Waals surface area contributed by atoms with Gasteiger partial charge in [-0.2, -0.15) is 0 Å². The molecule has 2 aliphatic rings. The van der Waals surface area contributed by atoms with Crippen LogP contribution in [0, 0.1) is 0 Å². The molecule has 0 amide bonds. The van der Waals surface area contributed by atoms with E-state index in [9.17, 15) is 9.90 Å². The summed E-state index contributed by atoms with van der Waals surface area (Å²) in [5, 5.41) is 11.4. The summed E-state index contributed by atoms with van der Waals surface area (Å²) in [4.78, 5) is 24.4. The van der Waals surface area contributed by atoms with E-state index in [1.165, 1.54) is 6.26 Å². The fourth-order valence-electron chi connectivity index (χ4n) is 4.41. The lowest BCUT2D eigenvalue weighted by Crippen LogP contribution is -2.56. The molecule has 7 heteroatoms. The van der Waals surface area contributed by atoms with Gasteiger partial charge in [0.15, 0.2) is 17.8 Å². The molecule has 2 unspecified atom stereocenters. The Morgan fingerprint density at radius 2 is 1.91 bits per heavy atom. The highest BCUT2D eigenvalue weighted by Crippen LogP contribution is 2.54. The molecule has 1 N–H and O–H groups in total. The molecule has 33 heavy (non-hydrogen) atoms. The van der Waals surface area contributed by atoms with Gasteiger partial charge in [0.25, 0.3) is 0 Å². The topological polar surface area (TPSA) is 87.4 Å². The molecule has 7 nitrogen and oxygen atoms in total. The Bertz CT molecular complexity index is 1330. The van der Waals surface area contributed by atoms with Gasteiger partial charge in [0, 0.05) is 5.56 Å². The monoisotopic (exact) mass is 450 g/mol. The number of hydrogen-bond donors (Lipinski definition) is 1. The molecule has 0 aliphatic carbocycles. The van der Waals surface area contributed by atoms with Gasteiger partial charge < -0.3 is 19.0 Å². The summed E-state index contributed by atoms with van der Waals surface area (Å²) in [7, 11) is 1.58. The van der Waals surface area contributed by atoms with Crippen LogP contribution in [-0.2, 0) is 16.2 Å². The summed E-state index contributed by atoms with van der Waals surface area (Å²) >= 11 is 0. The van der Waals surface area contributed by atoms with Crippen molar-refractivity contribution in [3.63, 3.8) is 0 Å². The molecular weight excluding hydrogens is 424 g/mol. The average molecular weight is 450 g/mol. The Balaban J connectivity index is 1.79. The maximum atomic E-state index is 13.6. The number of benzene rings is 2. The molecule has 2 aromatic carbocycles. The number of allylic oxidation sites excluding steroid dienone is 2. The number of aromatic hydroxyl groups is 1. The third kappa shape index (κ3) is 3.31. The number of phenolic OH excluding ortho intramolecular Hbond substituents is 1. The predicted molar refractivity (Wildman–Crippen MR) is 123 cm³/mol. The zero-order valence-electron chi connectivity index (χ0n) is 19.2. The number of phenols is 1. The van der Waals surface area contributed by atoms with Crippen LogP contribution in [0.3, 0.4) is 0 Å². The quantitative estimate of drug-likeness (QED) is 0.430. The van der Waals surface area contributed by atoms with Crippen molar-refractivity contribution in [3.05, 3.63) is 63.5 Å². The maximum absolute atomic E-state index is 13.6. The first-order valence-corrected chi connectivity index (χ1v) is 10.8. The van der Waals surface area contributed by atoms with Crippen LogP contribution in [0.25, 0.3) is 22.1 Å². The maximum Gasteiger partial charge on any atom is 0.204 e. The van der Waals surface area contributed by atoms with Crippen molar-refractivity contribution < 1.29 is 28.8 Å². The zero-order valence-corrected chi connectivity index (χ0v) is 19.2. The van der Waals surface area contributed by atoms with Crippen molar-refractivity contribution in [3.8, 4) is 28.4 Å². The molecule has 172 valence electrons. The Labute approximate surface area is 191 Å². The van der Waals surface area contributed by atoms with Gasteiger partial charge in [0.05, 0.1) is 18.2 Å². The second kappa shape index (κ2) is 7.64. The number of ether oxygens (including phenoxy) is 2. The largest absolute Gasteiger partial charge is 0.507 e. The molecule has 1 fully saturated rings. The normalized spacial score (nSPS) is 20.3. The van der Waals surface area contributed by atoms with Gasteiger partial charge in [-0.25, -0.2) is 9.78 Å². The molecule has 3 heterocycles. The number of rotatable bonds is 4. The van der Waals surface area contributed by atoms with Crippen molar-refractivity contribution in [2.24, 2.45) is 0 Å². The van der Waals surface area contributed by atoms with Gasteiger partial charge in [0.2, 0.25) is 5.43 Å². The lowest BCUT2D eigenvalue weighted by atomic mass is 9.84. The Morgan fingerprint density at radius 3 is 2.52 bits per heavy atom. The van der Waals surface area contributed by atoms with Crippen LogP contribution < -0.4 is 14.9 Å². The average Bonchev–Trinajstić information content (AvgIpc) is 2.73. The molecule has 2 aliphatic heterocycles. The summed E-state index contributed by atoms with van der Waals surface area (Å²) in [5.74, 6) is 1.02. The molecule has 5 rings (SSSR count). The molecule has 2 atom stereocenters. The van der Waals surface area contributed by atoms with Gasteiger partial charge in [0.1, 0.15) is 34.5 Å². The Morgan fingerprint density at radius 1 is 1.18 bits per heavy atom. The van der Waals surface area contributed by atoms with E-state index >= 15 is 0 Å². The van der Waals surface area contributed by atoms with Crippen LogP contribution >= 0.6 is 0 Å². The van der Waals surface area contributed by atoms with E-state index in [1.807, 2.05) is 33.8 Å². The second-order valence-corrected chi connectivity index (χ2v) is 9.21. The van der Waals surface area contributed by atoms with E-state index in [0.717, 1.165) is 5.57 Å². The first-order chi connectivity index (χ1) is 15.7. The van der Waals surface area contributed by atoms with Gasteiger partial charge in [-0.15, -0.1) is 0 Å². The Kier molecular flexibility index (Phi) is 4.99. The summed E-state index contributed by atoms with van der Waals surface area (Å²) in [6.45, 7) is 7.77. The van der Waals surface area contributed by atoms with Crippen molar-refractivity contribution >= 4 is 11.0 Å². The van der Waals surface area contributed by atoms with E-state index in [4.69, 9.17) is 23.7 Å². The fraction of sp³-hybridized carbons (Fsp3) is 0.346. The molecule has 1 saturated heterocycles. The molecule has 3 aromatic rings. The minimum Gasteiger partial charge on any atom is -0.507 e. The summed E-state index contributed by atoms with van der Waals surface area (Å²) in [6.07, 6.45) is 2.97. The highest BCUT2D eigenvalue weighted by molar-refractivity contribution is 5.93. The van der Waals surface area contributed by atoms with Crippen LogP contribution in [0.5, 0.6) is 17.2 Å². The van der Waals surface area contributed by atoms with E-state index in [0.29, 0.717) is 40.2 Å². The Hall–Kier alpha value is -3.29. The third-order valence-corrected chi connectivity index (χ3v) is 6.27. The minimum absolute atomic E-state index is 0.108. The third-order valence-electron chi connectivity index (χ3n) is 6.27. The van der Waals surface area contributed by atoms with Crippen LogP contribution in [0.2, 0.25) is 0 Å². The van der Waals surface area contributed by atoms with E-state index in [2.05, 4.69) is 0 Å². The zero-order chi connectivity index (χ0) is 23.5. The molecule has 0 spiro atoms. The summed E-state index contributed by atoms with van der Waals surface area (Å²) < 4.78 is 17.5. The lowest BCUT2D eigenvalue weighted by molar-refractivity contribution is -0.494. The molecule has 0 saturated carbocycles. The SMILES string of the molecule is COc1ccc(-c2coc3c4c(c(CC=C(C)C)c(O)c3c2=O)OC(C)(C)C2OOC42)cc1. The summed E-state index contributed by atoms with van der Waals surface area (Å²) in [5.41, 5.74) is 2.44. The lowest BCUT2D eigenvalue weighted by Gasteiger charge is -2.49. The van der Waals surface area contributed by atoms with Crippen LogP contribution in [0.4, 0.5) is 0 Å². The first kappa shape index (κ1) is 21.6. The number of hydrogen-bond acceptors (Lipinski definition) is 7. The number of methoxy groups -OCH3 is 1. The number of fused-ring (bicyclic) bond motifs is 5. The first-order valence-electron chi connectivity index (χ1n) is 10.8.